The summed E-state index contributed by atoms with van der Waals surface area (Å²) in [4.78, 5) is 24.4. The van der Waals surface area contributed by atoms with Gasteiger partial charge in [-0.05, 0) is 71.4 Å². The zero-order valence-corrected chi connectivity index (χ0v) is 15.2. The molecule has 1 heterocycles. The Morgan fingerprint density at radius 2 is 1.79 bits per heavy atom. The van der Waals surface area contributed by atoms with Crippen molar-refractivity contribution in [1.82, 2.24) is 16.0 Å². The second-order valence-corrected chi connectivity index (χ2v) is 7.93. The van der Waals surface area contributed by atoms with Gasteiger partial charge in [0.1, 0.15) is 0 Å². The Morgan fingerprint density at radius 1 is 1.12 bits per heavy atom. The van der Waals surface area contributed by atoms with E-state index in [2.05, 4.69) is 16.0 Å². The highest BCUT2D eigenvalue weighted by Crippen LogP contribution is 2.36. The van der Waals surface area contributed by atoms with Gasteiger partial charge in [-0.3, -0.25) is 9.59 Å². The molecular weight excluding hydrogens is 306 g/mol. The fourth-order valence-corrected chi connectivity index (χ4v) is 3.52. The van der Waals surface area contributed by atoms with Gasteiger partial charge < -0.3 is 21.1 Å². The van der Waals surface area contributed by atoms with Gasteiger partial charge >= 0.3 is 0 Å². The van der Waals surface area contributed by atoms with Crippen LogP contribution < -0.4 is 16.0 Å². The summed E-state index contributed by atoms with van der Waals surface area (Å²) in [6.07, 6.45) is 3.30. The Balaban J connectivity index is 1.75. The lowest BCUT2D eigenvalue weighted by Gasteiger charge is -2.37. The molecule has 2 unspecified atom stereocenters. The zero-order valence-electron chi connectivity index (χ0n) is 15.2. The average molecular weight is 339 g/mol. The fraction of sp³-hybridized carbons (Fsp3) is 0.889. The minimum absolute atomic E-state index is 0.0639. The predicted molar refractivity (Wildman–Crippen MR) is 93.3 cm³/mol. The Labute approximate surface area is 145 Å². The Morgan fingerprint density at radius 3 is 2.29 bits per heavy atom. The number of aliphatic hydroxyl groups excluding tert-OH is 1. The molecule has 0 aromatic rings. The van der Waals surface area contributed by atoms with E-state index in [-0.39, 0.29) is 41.8 Å². The van der Waals surface area contributed by atoms with Crippen molar-refractivity contribution < 1.29 is 14.7 Å². The Hall–Kier alpha value is -1.14. The summed E-state index contributed by atoms with van der Waals surface area (Å²) in [5.41, 5.74) is 0. The van der Waals surface area contributed by atoms with E-state index in [0.29, 0.717) is 25.2 Å². The normalized spacial score (nSPS) is 26.2. The molecule has 138 valence electrons. The van der Waals surface area contributed by atoms with Gasteiger partial charge in [0.15, 0.2) is 0 Å². The van der Waals surface area contributed by atoms with Crippen molar-refractivity contribution in [3.05, 3.63) is 0 Å². The van der Waals surface area contributed by atoms with Crippen molar-refractivity contribution in [1.29, 1.82) is 0 Å². The lowest BCUT2D eigenvalue weighted by Crippen LogP contribution is -2.46. The third-order valence-electron chi connectivity index (χ3n) is 5.14. The number of amides is 2. The SMILES string of the molecule is CC(C)NC(=O)C(CCC(C)NC(=O)CC1CNC1)C1CC(O)C1. The van der Waals surface area contributed by atoms with Gasteiger partial charge in [0.25, 0.3) is 0 Å². The van der Waals surface area contributed by atoms with Crippen LogP contribution in [-0.4, -0.2) is 48.2 Å². The first-order valence-electron chi connectivity index (χ1n) is 9.33. The third kappa shape index (κ3) is 5.74. The molecule has 2 rings (SSSR count). The zero-order chi connectivity index (χ0) is 17.7. The van der Waals surface area contributed by atoms with Crippen LogP contribution in [0.25, 0.3) is 0 Å². The van der Waals surface area contributed by atoms with Crippen LogP contribution in [0.1, 0.15) is 52.9 Å². The highest BCUT2D eigenvalue weighted by molar-refractivity contribution is 5.79. The maximum atomic E-state index is 12.4. The van der Waals surface area contributed by atoms with Crippen molar-refractivity contribution in [3.63, 3.8) is 0 Å². The van der Waals surface area contributed by atoms with E-state index in [9.17, 15) is 14.7 Å². The van der Waals surface area contributed by atoms with Gasteiger partial charge in [-0.15, -0.1) is 0 Å². The van der Waals surface area contributed by atoms with E-state index >= 15 is 0 Å². The molecule has 2 fully saturated rings. The fourth-order valence-electron chi connectivity index (χ4n) is 3.52. The molecule has 2 aliphatic rings. The second kappa shape index (κ2) is 8.81. The largest absolute Gasteiger partial charge is 0.393 e. The first kappa shape index (κ1) is 19.2. The monoisotopic (exact) mass is 339 g/mol. The summed E-state index contributed by atoms with van der Waals surface area (Å²) in [7, 11) is 0. The van der Waals surface area contributed by atoms with Gasteiger partial charge in [0.2, 0.25) is 11.8 Å². The lowest BCUT2D eigenvalue weighted by atomic mass is 9.71. The number of hydrogen-bond acceptors (Lipinski definition) is 4. The van der Waals surface area contributed by atoms with Crippen LogP contribution in [0, 0.1) is 17.8 Å². The summed E-state index contributed by atoms with van der Waals surface area (Å²) in [5, 5.41) is 18.8. The van der Waals surface area contributed by atoms with Crippen molar-refractivity contribution in [3.8, 4) is 0 Å². The molecule has 0 bridgehead atoms. The number of rotatable bonds is 9. The number of carbonyl (C=O) groups is 2. The molecule has 0 aromatic carbocycles. The molecule has 2 amide bonds. The minimum atomic E-state index is -0.252. The molecule has 1 saturated heterocycles. The molecule has 0 radical (unpaired) electrons. The van der Waals surface area contributed by atoms with Crippen molar-refractivity contribution in [2.45, 2.75) is 71.1 Å². The van der Waals surface area contributed by atoms with Crippen LogP contribution in [0.15, 0.2) is 0 Å². The third-order valence-corrected chi connectivity index (χ3v) is 5.14. The first-order valence-corrected chi connectivity index (χ1v) is 9.33. The maximum Gasteiger partial charge on any atom is 0.223 e. The van der Waals surface area contributed by atoms with Crippen molar-refractivity contribution >= 4 is 11.8 Å². The predicted octanol–water partition coefficient (Wildman–Crippen LogP) is 0.793. The summed E-state index contributed by atoms with van der Waals surface area (Å²) in [5.74, 6) is 0.865. The van der Waals surface area contributed by atoms with Crippen LogP contribution in [0.3, 0.4) is 0 Å². The molecule has 0 aromatic heterocycles. The smallest absolute Gasteiger partial charge is 0.223 e. The van der Waals surface area contributed by atoms with Crippen molar-refractivity contribution in [2.24, 2.45) is 17.8 Å². The van der Waals surface area contributed by atoms with E-state index in [4.69, 9.17) is 0 Å². The van der Waals surface area contributed by atoms with Crippen LogP contribution in [0.5, 0.6) is 0 Å². The van der Waals surface area contributed by atoms with Crippen LogP contribution in [0.2, 0.25) is 0 Å². The minimum Gasteiger partial charge on any atom is -0.393 e. The Kier molecular flexibility index (Phi) is 7.04. The van der Waals surface area contributed by atoms with Gasteiger partial charge in [-0.1, -0.05) is 0 Å². The van der Waals surface area contributed by atoms with E-state index < -0.39 is 0 Å². The summed E-state index contributed by atoms with van der Waals surface area (Å²) in [6, 6.07) is 0.197. The van der Waals surface area contributed by atoms with Crippen molar-refractivity contribution in [2.75, 3.05) is 13.1 Å². The number of hydrogen-bond donors (Lipinski definition) is 4. The molecule has 4 N–H and O–H groups in total. The van der Waals surface area contributed by atoms with Gasteiger partial charge in [-0.25, -0.2) is 0 Å². The molecule has 1 aliphatic carbocycles. The number of carbonyl (C=O) groups excluding carboxylic acids is 2. The summed E-state index contributed by atoms with van der Waals surface area (Å²) in [6.45, 7) is 7.79. The van der Waals surface area contributed by atoms with Gasteiger partial charge in [0.05, 0.1) is 6.10 Å². The van der Waals surface area contributed by atoms with E-state index in [1.807, 2.05) is 20.8 Å². The molecule has 0 spiro atoms. The second-order valence-electron chi connectivity index (χ2n) is 7.93. The average Bonchev–Trinajstić information content (AvgIpc) is 2.40. The highest BCUT2D eigenvalue weighted by Gasteiger charge is 2.37. The molecule has 6 heteroatoms. The molecule has 6 nitrogen and oxygen atoms in total. The van der Waals surface area contributed by atoms with E-state index in [0.717, 1.165) is 25.9 Å². The van der Waals surface area contributed by atoms with Gasteiger partial charge in [0, 0.05) is 24.4 Å². The summed E-state index contributed by atoms with van der Waals surface area (Å²) >= 11 is 0. The first-order chi connectivity index (χ1) is 11.3. The maximum absolute atomic E-state index is 12.4. The van der Waals surface area contributed by atoms with E-state index in [1.54, 1.807) is 0 Å². The molecule has 2 atom stereocenters. The molecule has 24 heavy (non-hydrogen) atoms. The van der Waals surface area contributed by atoms with Crippen LogP contribution in [0.4, 0.5) is 0 Å². The van der Waals surface area contributed by atoms with E-state index in [1.165, 1.54) is 0 Å². The number of aliphatic hydroxyl groups is 1. The highest BCUT2D eigenvalue weighted by atomic mass is 16.3. The summed E-state index contributed by atoms with van der Waals surface area (Å²) < 4.78 is 0. The molecule has 1 aliphatic heterocycles. The Bertz CT molecular complexity index is 431. The molecule has 1 saturated carbocycles. The quantitative estimate of drug-likeness (QED) is 0.500. The van der Waals surface area contributed by atoms with Gasteiger partial charge in [-0.2, -0.15) is 0 Å². The van der Waals surface area contributed by atoms with Crippen LogP contribution >= 0.6 is 0 Å². The molecular formula is C18H33N3O3. The standard InChI is InChI=1S/C18H33N3O3/c1-11(2)20-18(24)16(14-7-15(22)8-14)5-4-12(3)21-17(23)6-13-9-19-10-13/h11-16,19,22H,4-10H2,1-3H3,(H,20,24)(H,21,23). The topological polar surface area (TPSA) is 90.5 Å². The lowest BCUT2D eigenvalue weighted by molar-refractivity contribution is -0.130. The van der Waals surface area contributed by atoms with Crippen LogP contribution in [-0.2, 0) is 9.59 Å². The number of nitrogens with one attached hydrogen (secondary N) is 3.